The smallest absolute Gasteiger partial charge is 0.134 e. The van der Waals surface area contributed by atoms with Gasteiger partial charge in [0.15, 0.2) is 0 Å². The molecule has 4 heteroatoms. The molecule has 1 aromatic heterocycles. The molecule has 0 atom stereocenters. The Morgan fingerprint density at radius 3 is 2.31 bits per heavy atom. The average Bonchev–Trinajstić information content (AvgIpc) is 2.20. The molecule has 1 aromatic rings. The van der Waals surface area contributed by atoms with E-state index >= 15 is 0 Å². The van der Waals surface area contributed by atoms with Crippen LogP contribution in [0.1, 0.15) is 25.0 Å². The van der Waals surface area contributed by atoms with Gasteiger partial charge in [0.1, 0.15) is 5.15 Å². The van der Waals surface area contributed by atoms with Gasteiger partial charge >= 0.3 is 0 Å². The molecule has 0 saturated carbocycles. The number of aromatic nitrogens is 1. The molecule has 3 nitrogen and oxygen atoms in total. The molecule has 0 aliphatic carbocycles. The van der Waals surface area contributed by atoms with Crippen molar-refractivity contribution >= 4 is 11.6 Å². The number of pyridine rings is 1. The van der Waals surface area contributed by atoms with Gasteiger partial charge in [0.2, 0.25) is 0 Å². The summed E-state index contributed by atoms with van der Waals surface area (Å²) in [6.45, 7) is 3.68. The van der Waals surface area contributed by atoms with Gasteiger partial charge in [-0.3, -0.25) is 0 Å². The van der Waals surface area contributed by atoms with Crippen LogP contribution in [-0.4, -0.2) is 15.2 Å². The number of rotatable bonds is 2. The predicted molar refractivity (Wildman–Crippen MR) is 52.4 cm³/mol. The maximum Gasteiger partial charge on any atom is 0.134 e. The molecular formula is C9H14ClNO2. The van der Waals surface area contributed by atoms with Gasteiger partial charge in [-0.2, -0.15) is 0 Å². The van der Waals surface area contributed by atoms with Gasteiger partial charge in [0, 0.05) is 11.8 Å². The highest BCUT2D eigenvalue weighted by atomic mass is 35.5. The van der Waals surface area contributed by atoms with E-state index in [-0.39, 0.29) is 18.4 Å². The molecule has 1 rings (SSSR count). The molecule has 0 aromatic carbocycles. The molecule has 0 radical (unpaired) electrons. The first-order valence-corrected chi connectivity index (χ1v) is 4.51. The van der Waals surface area contributed by atoms with Crippen molar-refractivity contribution in [3.05, 3.63) is 28.5 Å². The van der Waals surface area contributed by atoms with Crippen LogP contribution in [0, 0.1) is 0 Å². The molecule has 13 heavy (non-hydrogen) atoms. The van der Waals surface area contributed by atoms with E-state index in [0.717, 1.165) is 0 Å². The molecular weight excluding hydrogens is 190 g/mol. The topological polar surface area (TPSA) is 53.4 Å². The van der Waals surface area contributed by atoms with Gasteiger partial charge in [-0.25, -0.2) is 4.98 Å². The van der Waals surface area contributed by atoms with Gasteiger partial charge < -0.3 is 10.2 Å². The highest BCUT2D eigenvalue weighted by Crippen LogP contribution is 2.16. The van der Waals surface area contributed by atoms with E-state index in [0.29, 0.717) is 11.1 Å². The Morgan fingerprint density at radius 2 is 1.92 bits per heavy atom. The average molecular weight is 204 g/mol. The SMILES string of the molecule is CC.OCc1ccnc(Cl)c1CO. The number of aliphatic hydroxyl groups excluding tert-OH is 2. The second-order valence-corrected chi connectivity index (χ2v) is 2.41. The Balaban J connectivity index is 0.000000671. The molecule has 2 N–H and O–H groups in total. The summed E-state index contributed by atoms with van der Waals surface area (Å²) in [5, 5.41) is 17.8. The van der Waals surface area contributed by atoms with Crippen LogP contribution >= 0.6 is 11.6 Å². The van der Waals surface area contributed by atoms with E-state index in [4.69, 9.17) is 21.8 Å². The summed E-state index contributed by atoms with van der Waals surface area (Å²) in [6, 6.07) is 1.62. The zero-order valence-electron chi connectivity index (χ0n) is 7.79. The van der Waals surface area contributed by atoms with Gasteiger partial charge in [-0.15, -0.1) is 0 Å². The van der Waals surface area contributed by atoms with Crippen molar-refractivity contribution in [3.63, 3.8) is 0 Å². The molecule has 0 spiro atoms. The summed E-state index contributed by atoms with van der Waals surface area (Å²) in [7, 11) is 0. The molecule has 0 bridgehead atoms. The maximum atomic E-state index is 8.79. The summed E-state index contributed by atoms with van der Waals surface area (Å²) in [4.78, 5) is 3.75. The number of nitrogens with zero attached hydrogens (tertiary/aromatic N) is 1. The molecule has 0 unspecified atom stereocenters. The lowest BCUT2D eigenvalue weighted by atomic mass is 10.1. The van der Waals surface area contributed by atoms with Crippen molar-refractivity contribution in [1.29, 1.82) is 0 Å². The van der Waals surface area contributed by atoms with Crippen LogP contribution in [0.4, 0.5) is 0 Å². The Kier molecular flexibility index (Phi) is 6.49. The second kappa shape index (κ2) is 6.83. The van der Waals surface area contributed by atoms with Gasteiger partial charge in [0.05, 0.1) is 13.2 Å². The van der Waals surface area contributed by atoms with Gasteiger partial charge in [0.25, 0.3) is 0 Å². The van der Waals surface area contributed by atoms with Crippen LogP contribution in [0.25, 0.3) is 0 Å². The monoisotopic (exact) mass is 203 g/mol. The first-order chi connectivity index (χ1) is 6.29. The fraction of sp³-hybridized carbons (Fsp3) is 0.444. The fourth-order valence-electron chi connectivity index (χ4n) is 0.819. The van der Waals surface area contributed by atoms with Crippen LogP contribution in [0.2, 0.25) is 5.15 Å². The summed E-state index contributed by atoms with van der Waals surface area (Å²) in [6.07, 6.45) is 1.49. The Bertz CT molecular complexity index is 253. The van der Waals surface area contributed by atoms with Crippen LogP contribution in [0.15, 0.2) is 12.3 Å². The lowest BCUT2D eigenvalue weighted by Gasteiger charge is -2.03. The Hall–Kier alpha value is -0.640. The van der Waals surface area contributed by atoms with Crippen LogP contribution < -0.4 is 0 Å². The van der Waals surface area contributed by atoms with Crippen LogP contribution in [-0.2, 0) is 13.2 Å². The molecule has 0 aliphatic rings. The molecule has 1 heterocycles. The standard InChI is InChI=1S/C7H8ClNO2.C2H6/c8-7-6(4-11)5(3-10)1-2-9-7;1-2/h1-2,10-11H,3-4H2;1-2H3. The summed E-state index contributed by atoms with van der Waals surface area (Å²) >= 11 is 5.63. The third-order valence-corrected chi connectivity index (χ3v) is 1.75. The van der Waals surface area contributed by atoms with Crippen LogP contribution in [0.3, 0.4) is 0 Å². The van der Waals surface area contributed by atoms with Crippen molar-refractivity contribution in [2.24, 2.45) is 0 Å². The van der Waals surface area contributed by atoms with E-state index in [1.807, 2.05) is 13.8 Å². The van der Waals surface area contributed by atoms with Crippen molar-refractivity contribution < 1.29 is 10.2 Å². The molecule has 74 valence electrons. The summed E-state index contributed by atoms with van der Waals surface area (Å²) in [5.41, 5.74) is 1.11. The third kappa shape index (κ3) is 3.30. The van der Waals surface area contributed by atoms with E-state index in [1.54, 1.807) is 6.07 Å². The highest BCUT2D eigenvalue weighted by molar-refractivity contribution is 6.30. The quantitative estimate of drug-likeness (QED) is 0.720. The molecule has 0 saturated heterocycles. The minimum Gasteiger partial charge on any atom is -0.392 e. The van der Waals surface area contributed by atoms with Gasteiger partial charge in [-0.1, -0.05) is 25.4 Å². The Labute approximate surface area is 83.0 Å². The van der Waals surface area contributed by atoms with E-state index in [1.165, 1.54) is 6.20 Å². The molecule has 0 aliphatic heterocycles. The normalized spacial score (nSPS) is 9.00. The third-order valence-electron chi connectivity index (χ3n) is 1.43. The lowest BCUT2D eigenvalue weighted by Crippen LogP contribution is -1.96. The number of aliphatic hydroxyl groups is 2. The Morgan fingerprint density at radius 1 is 1.31 bits per heavy atom. The van der Waals surface area contributed by atoms with E-state index in [9.17, 15) is 0 Å². The van der Waals surface area contributed by atoms with E-state index < -0.39 is 0 Å². The number of hydrogen-bond donors (Lipinski definition) is 2. The zero-order chi connectivity index (χ0) is 10.3. The van der Waals surface area contributed by atoms with Crippen molar-refractivity contribution in [2.45, 2.75) is 27.1 Å². The van der Waals surface area contributed by atoms with Crippen molar-refractivity contribution in [2.75, 3.05) is 0 Å². The first kappa shape index (κ1) is 12.4. The highest BCUT2D eigenvalue weighted by Gasteiger charge is 2.04. The fourth-order valence-corrected chi connectivity index (χ4v) is 1.06. The molecule has 0 amide bonds. The predicted octanol–water partition coefficient (Wildman–Crippen LogP) is 1.75. The van der Waals surface area contributed by atoms with Crippen molar-refractivity contribution in [1.82, 2.24) is 4.98 Å². The van der Waals surface area contributed by atoms with E-state index in [2.05, 4.69) is 4.98 Å². The lowest BCUT2D eigenvalue weighted by molar-refractivity contribution is 0.259. The molecule has 0 fully saturated rings. The summed E-state index contributed by atoms with van der Waals surface area (Å²) in [5.74, 6) is 0. The largest absolute Gasteiger partial charge is 0.392 e. The van der Waals surface area contributed by atoms with Gasteiger partial charge in [-0.05, 0) is 11.6 Å². The first-order valence-electron chi connectivity index (χ1n) is 4.13. The zero-order valence-corrected chi connectivity index (χ0v) is 8.54. The minimum atomic E-state index is -0.192. The number of halogens is 1. The minimum absolute atomic E-state index is 0.127. The van der Waals surface area contributed by atoms with Crippen LogP contribution in [0.5, 0.6) is 0 Å². The maximum absolute atomic E-state index is 8.79. The van der Waals surface area contributed by atoms with Crippen molar-refractivity contribution in [3.8, 4) is 0 Å². The summed E-state index contributed by atoms with van der Waals surface area (Å²) < 4.78 is 0. The number of hydrogen-bond acceptors (Lipinski definition) is 3. The second-order valence-electron chi connectivity index (χ2n) is 2.06.